The third kappa shape index (κ3) is 2.08. The van der Waals surface area contributed by atoms with Crippen LogP contribution in [-0.2, 0) is 0 Å². The third-order valence-corrected chi connectivity index (χ3v) is 3.08. The Bertz CT molecular complexity index is 631. The van der Waals surface area contributed by atoms with Crippen molar-refractivity contribution < 1.29 is 15.0 Å². The summed E-state index contributed by atoms with van der Waals surface area (Å²) in [6.07, 6.45) is 0.792. The van der Waals surface area contributed by atoms with Crippen molar-refractivity contribution >= 4 is 16.9 Å². The molecule has 19 heavy (non-hydrogen) atoms. The van der Waals surface area contributed by atoms with Crippen molar-refractivity contribution in [1.82, 2.24) is 15.3 Å². The molecular formula is C12H16N4O3. The summed E-state index contributed by atoms with van der Waals surface area (Å²) in [6, 6.07) is 1.30. The van der Waals surface area contributed by atoms with Gasteiger partial charge in [-0.05, 0) is 13.5 Å². The van der Waals surface area contributed by atoms with Crippen molar-refractivity contribution in [2.45, 2.75) is 19.4 Å². The molecule has 0 spiro atoms. The maximum Gasteiger partial charge on any atom is 0.254 e. The van der Waals surface area contributed by atoms with Gasteiger partial charge in [-0.25, -0.2) is 4.98 Å². The molecule has 0 bridgehead atoms. The summed E-state index contributed by atoms with van der Waals surface area (Å²) >= 11 is 0. The second-order valence-corrected chi connectivity index (χ2v) is 4.25. The smallest absolute Gasteiger partial charge is 0.254 e. The number of rotatable bonds is 4. The van der Waals surface area contributed by atoms with Crippen LogP contribution in [0.25, 0.3) is 11.0 Å². The molecule has 0 radical (unpaired) electrons. The lowest BCUT2D eigenvalue weighted by atomic mass is 10.1. The molecule has 7 nitrogen and oxygen atoms in total. The number of carbonyl (C=O) groups excluding carboxylic acids is 1. The Morgan fingerprint density at radius 2 is 2.26 bits per heavy atom. The Morgan fingerprint density at radius 3 is 2.79 bits per heavy atom. The fraction of sp³-hybridized carbons (Fsp3) is 0.333. The van der Waals surface area contributed by atoms with Crippen LogP contribution < -0.4 is 11.1 Å². The molecule has 2 aromatic rings. The quantitative estimate of drug-likeness (QED) is 0.521. The molecule has 1 aromatic carbocycles. The second kappa shape index (κ2) is 4.77. The lowest BCUT2D eigenvalue weighted by Gasteiger charge is -2.09. The SMILES string of the molecule is CCC(NC)c1nc2c(C(N)=O)c(O)c(O)cc2[nH]1. The minimum atomic E-state index is -0.839. The molecule has 1 atom stereocenters. The van der Waals surface area contributed by atoms with Crippen LogP contribution in [0.3, 0.4) is 0 Å². The summed E-state index contributed by atoms with van der Waals surface area (Å²) in [6.45, 7) is 1.98. The largest absolute Gasteiger partial charge is 0.504 e. The highest BCUT2D eigenvalue weighted by molar-refractivity contribution is 6.07. The number of aromatic amines is 1. The normalized spacial score (nSPS) is 12.7. The number of amides is 1. The number of phenols is 2. The first kappa shape index (κ1) is 13.2. The summed E-state index contributed by atoms with van der Waals surface area (Å²) in [5.74, 6) is -1.17. The van der Waals surface area contributed by atoms with E-state index in [4.69, 9.17) is 5.73 Å². The van der Waals surface area contributed by atoms with E-state index in [9.17, 15) is 15.0 Å². The van der Waals surface area contributed by atoms with Crippen LogP contribution in [0.4, 0.5) is 0 Å². The van der Waals surface area contributed by atoms with Crippen molar-refractivity contribution in [1.29, 1.82) is 0 Å². The van der Waals surface area contributed by atoms with E-state index >= 15 is 0 Å². The number of nitrogens with one attached hydrogen (secondary N) is 2. The van der Waals surface area contributed by atoms with Crippen LogP contribution in [0.5, 0.6) is 11.5 Å². The zero-order valence-corrected chi connectivity index (χ0v) is 10.7. The summed E-state index contributed by atoms with van der Waals surface area (Å²) in [5, 5.41) is 22.4. The first-order valence-corrected chi connectivity index (χ1v) is 5.91. The van der Waals surface area contributed by atoms with Gasteiger partial charge in [-0.15, -0.1) is 0 Å². The van der Waals surface area contributed by atoms with Crippen LogP contribution >= 0.6 is 0 Å². The maximum absolute atomic E-state index is 11.4. The van der Waals surface area contributed by atoms with Gasteiger partial charge in [0.05, 0.1) is 11.6 Å². The molecule has 0 aliphatic carbocycles. The minimum Gasteiger partial charge on any atom is -0.504 e. The highest BCUT2D eigenvalue weighted by Crippen LogP contribution is 2.35. The number of carbonyl (C=O) groups is 1. The van der Waals surface area contributed by atoms with Crippen molar-refractivity contribution in [3.8, 4) is 11.5 Å². The molecule has 0 aliphatic rings. The number of fused-ring (bicyclic) bond motifs is 1. The first-order valence-electron chi connectivity index (χ1n) is 5.91. The van der Waals surface area contributed by atoms with Gasteiger partial charge in [0.15, 0.2) is 11.5 Å². The fourth-order valence-electron chi connectivity index (χ4n) is 2.08. The number of nitrogens with two attached hydrogens (primary N) is 1. The topological polar surface area (TPSA) is 124 Å². The standard InChI is InChI=1S/C12H16N4O3/c1-3-5(14-2)12-15-6-4-7(17)10(18)8(11(13)19)9(6)16-12/h4-5,14,17-18H,3H2,1-2H3,(H2,13,19)(H,15,16). The molecular weight excluding hydrogens is 248 g/mol. The number of H-pyrrole nitrogens is 1. The number of aromatic nitrogens is 2. The molecule has 6 N–H and O–H groups in total. The van der Waals surface area contributed by atoms with Gasteiger partial charge in [-0.2, -0.15) is 0 Å². The molecule has 1 unspecified atom stereocenters. The van der Waals surface area contributed by atoms with E-state index in [1.807, 2.05) is 6.92 Å². The predicted molar refractivity (Wildman–Crippen MR) is 70.0 cm³/mol. The van der Waals surface area contributed by atoms with Gasteiger partial charge >= 0.3 is 0 Å². The second-order valence-electron chi connectivity index (χ2n) is 4.25. The molecule has 0 saturated carbocycles. The van der Waals surface area contributed by atoms with E-state index in [-0.39, 0.29) is 17.1 Å². The molecule has 0 saturated heterocycles. The number of aromatic hydroxyl groups is 2. The van der Waals surface area contributed by atoms with Crippen molar-refractivity contribution in [2.75, 3.05) is 7.05 Å². The number of phenolic OH excluding ortho intramolecular Hbond substituents is 1. The van der Waals surface area contributed by atoms with Crippen LogP contribution in [0.15, 0.2) is 6.07 Å². The number of primary amides is 1. The van der Waals surface area contributed by atoms with Gasteiger partial charge in [0.2, 0.25) is 0 Å². The highest BCUT2D eigenvalue weighted by atomic mass is 16.3. The molecule has 0 fully saturated rings. The molecule has 102 valence electrons. The van der Waals surface area contributed by atoms with Crippen LogP contribution in [0.1, 0.15) is 35.6 Å². The number of nitrogens with zero attached hydrogens (tertiary/aromatic N) is 1. The minimum absolute atomic E-state index is 0.0163. The van der Waals surface area contributed by atoms with Gasteiger partial charge < -0.3 is 26.2 Å². The van der Waals surface area contributed by atoms with Crippen LogP contribution in [-0.4, -0.2) is 33.1 Å². The summed E-state index contributed by atoms with van der Waals surface area (Å²) < 4.78 is 0. The van der Waals surface area contributed by atoms with E-state index in [1.165, 1.54) is 6.07 Å². The number of hydrogen-bond donors (Lipinski definition) is 5. The van der Waals surface area contributed by atoms with Crippen LogP contribution in [0, 0.1) is 0 Å². The summed E-state index contributed by atoms with van der Waals surface area (Å²) in [5.41, 5.74) is 5.75. The van der Waals surface area contributed by atoms with E-state index in [0.717, 1.165) is 6.42 Å². The first-order chi connectivity index (χ1) is 8.99. The van der Waals surface area contributed by atoms with E-state index in [0.29, 0.717) is 11.3 Å². The van der Waals surface area contributed by atoms with Gasteiger partial charge in [-0.1, -0.05) is 6.92 Å². The number of imidazole rings is 1. The van der Waals surface area contributed by atoms with E-state index in [1.54, 1.807) is 7.05 Å². The average Bonchev–Trinajstić information content (AvgIpc) is 2.74. The Kier molecular flexibility index (Phi) is 3.30. The van der Waals surface area contributed by atoms with E-state index < -0.39 is 17.4 Å². The monoisotopic (exact) mass is 264 g/mol. The van der Waals surface area contributed by atoms with Gasteiger partial charge in [0, 0.05) is 6.07 Å². The molecule has 7 heteroatoms. The highest BCUT2D eigenvalue weighted by Gasteiger charge is 2.21. The Morgan fingerprint density at radius 1 is 1.58 bits per heavy atom. The molecule has 0 aliphatic heterocycles. The molecule has 1 heterocycles. The van der Waals surface area contributed by atoms with Crippen molar-refractivity contribution in [3.63, 3.8) is 0 Å². The zero-order valence-electron chi connectivity index (χ0n) is 10.7. The van der Waals surface area contributed by atoms with E-state index in [2.05, 4.69) is 15.3 Å². The maximum atomic E-state index is 11.4. The van der Waals surface area contributed by atoms with Crippen LogP contribution in [0.2, 0.25) is 0 Å². The third-order valence-electron chi connectivity index (χ3n) is 3.08. The number of hydrogen-bond acceptors (Lipinski definition) is 5. The van der Waals surface area contributed by atoms with Gasteiger partial charge in [0.1, 0.15) is 16.9 Å². The Hall–Kier alpha value is -2.28. The number of benzene rings is 1. The molecule has 1 aromatic heterocycles. The van der Waals surface area contributed by atoms with Crippen molar-refractivity contribution in [3.05, 3.63) is 17.5 Å². The summed E-state index contributed by atoms with van der Waals surface area (Å²) in [7, 11) is 1.80. The lowest BCUT2D eigenvalue weighted by molar-refractivity contribution is 0.0998. The van der Waals surface area contributed by atoms with Gasteiger partial charge in [-0.3, -0.25) is 4.79 Å². The lowest BCUT2D eigenvalue weighted by Crippen LogP contribution is -2.16. The average molecular weight is 264 g/mol. The molecule has 2 rings (SSSR count). The summed E-state index contributed by atoms with van der Waals surface area (Å²) in [4.78, 5) is 18.7. The fourth-order valence-corrected chi connectivity index (χ4v) is 2.08. The Balaban J connectivity index is 2.71. The zero-order chi connectivity index (χ0) is 14.2. The Labute approximate surface area is 109 Å². The predicted octanol–water partition coefficient (Wildman–Crippen LogP) is 0.743. The van der Waals surface area contributed by atoms with Gasteiger partial charge in [0.25, 0.3) is 5.91 Å². The van der Waals surface area contributed by atoms with Crippen molar-refractivity contribution in [2.24, 2.45) is 5.73 Å². The molecule has 1 amide bonds.